The minimum atomic E-state index is -1.16. The molecule has 0 aliphatic rings. The average Bonchev–Trinajstić information content (AvgIpc) is 3.65. The van der Waals surface area contributed by atoms with Crippen LogP contribution < -0.4 is 42.7 Å². The number of nitrogens with one attached hydrogen (secondary N) is 6. The van der Waals surface area contributed by atoms with Gasteiger partial charge in [-0.05, 0) is 66.5 Å². The molecule has 2 aromatic carbocycles. The lowest BCUT2D eigenvalue weighted by atomic mass is 10.0. The molecular formula is C49H68N10O11. The van der Waals surface area contributed by atoms with Crippen LogP contribution in [0.25, 0.3) is 17.2 Å². The van der Waals surface area contributed by atoms with Crippen LogP contribution in [0.15, 0.2) is 59.4 Å². The maximum Gasteiger partial charge on any atom is 0.328 e. The number of imidazole rings is 1. The number of nitrogens with two attached hydrogens (primary N) is 1. The molecule has 0 fully saturated rings. The lowest BCUT2D eigenvalue weighted by molar-refractivity contribution is -0.148. The fraction of sp³-hybridized carbons (Fsp3) is 0.490. The molecule has 0 spiro atoms. The zero-order valence-corrected chi connectivity index (χ0v) is 40.9. The number of aromatic nitrogens is 4. The van der Waals surface area contributed by atoms with Crippen LogP contribution in [0.4, 0.5) is 5.82 Å². The van der Waals surface area contributed by atoms with Gasteiger partial charge in [0.1, 0.15) is 17.6 Å². The maximum atomic E-state index is 13.3. The fourth-order valence-electron chi connectivity index (χ4n) is 6.68. The van der Waals surface area contributed by atoms with Crippen molar-refractivity contribution in [3.63, 3.8) is 0 Å². The SMILES string of the molecule is CCCCOc1nc(N)c2[nH]c(=O)n(Cc3ccc(C(=O)NCCOCCOCCNC(=O)CC[C@@H](NC(=O)[C@@H](NC(=O)CNC(=O)/C=C/c4ccc(C(C)C)cc4)C(C)C)C(=O)OCC)cc3)c2n1. The Morgan fingerprint density at radius 1 is 0.814 bits per heavy atom. The van der Waals surface area contributed by atoms with Crippen LogP contribution >= 0.6 is 0 Å². The number of benzene rings is 2. The molecule has 380 valence electrons. The van der Waals surface area contributed by atoms with Gasteiger partial charge in [0.25, 0.3) is 5.91 Å². The van der Waals surface area contributed by atoms with E-state index >= 15 is 0 Å². The molecule has 70 heavy (non-hydrogen) atoms. The van der Waals surface area contributed by atoms with Gasteiger partial charge in [-0.3, -0.25) is 28.5 Å². The molecule has 0 radical (unpaired) electrons. The van der Waals surface area contributed by atoms with Crippen molar-refractivity contribution >= 4 is 58.6 Å². The highest BCUT2D eigenvalue weighted by molar-refractivity contribution is 5.96. The van der Waals surface area contributed by atoms with E-state index in [0.717, 1.165) is 24.0 Å². The van der Waals surface area contributed by atoms with E-state index in [9.17, 15) is 33.6 Å². The van der Waals surface area contributed by atoms with Gasteiger partial charge in [0, 0.05) is 31.1 Å². The molecule has 0 aliphatic heterocycles. The number of aromatic amines is 1. The zero-order chi connectivity index (χ0) is 51.0. The predicted molar refractivity (Wildman–Crippen MR) is 263 cm³/mol. The summed E-state index contributed by atoms with van der Waals surface area (Å²) in [5, 5.41) is 13.2. The first-order valence-electron chi connectivity index (χ1n) is 23.6. The number of hydrogen-bond acceptors (Lipinski definition) is 14. The molecule has 21 nitrogen and oxygen atoms in total. The fourth-order valence-corrected chi connectivity index (χ4v) is 6.68. The first kappa shape index (κ1) is 55.5. The Bertz CT molecular complexity index is 2430. The Kier molecular flexibility index (Phi) is 23.0. The molecule has 2 atom stereocenters. The monoisotopic (exact) mass is 973 g/mol. The number of esters is 1. The van der Waals surface area contributed by atoms with Crippen molar-refractivity contribution in [3.05, 3.63) is 87.3 Å². The van der Waals surface area contributed by atoms with Crippen molar-refractivity contribution in [2.24, 2.45) is 5.92 Å². The van der Waals surface area contributed by atoms with Gasteiger partial charge < -0.3 is 56.2 Å². The van der Waals surface area contributed by atoms with Crippen molar-refractivity contribution in [2.75, 3.05) is 65.0 Å². The molecule has 21 heteroatoms. The summed E-state index contributed by atoms with van der Waals surface area (Å²) in [6.07, 6.45) is 4.54. The maximum absolute atomic E-state index is 13.3. The molecule has 0 bridgehead atoms. The Balaban J connectivity index is 1.09. The number of carbonyl (C=O) groups excluding carboxylic acids is 6. The molecule has 0 saturated carbocycles. The van der Waals surface area contributed by atoms with Crippen LogP contribution in [-0.2, 0) is 44.7 Å². The summed E-state index contributed by atoms with van der Waals surface area (Å²) in [5.41, 5.74) is 9.47. The van der Waals surface area contributed by atoms with Gasteiger partial charge in [-0.25, -0.2) is 9.59 Å². The van der Waals surface area contributed by atoms with Gasteiger partial charge in [0.05, 0.1) is 52.7 Å². The molecule has 2 heterocycles. The Labute approximate surface area is 407 Å². The highest BCUT2D eigenvalue weighted by atomic mass is 16.5. The quantitative estimate of drug-likeness (QED) is 0.0225. The number of unbranched alkanes of at least 4 members (excludes halogenated alkanes) is 1. The molecular weight excluding hydrogens is 905 g/mol. The van der Waals surface area contributed by atoms with Gasteiger partial charge in [-0.15, -0.1) is 0 Å². The second-order valence-electron chi connectivity index (χ2n) is 16.8. The third-order valence-electron chi connectivity index (χ3n) is 10.7. The third kappa shape index (κ3) is 18.4. The average molecular weight is 973 g/mol. The largest absolute Gasteiger partial charge is 0.464 e. The number of rotatable bonds is 30. The summed E-state index contributed by atoms with van der Waals surface area (Å²) in [7, 11) is 0. The van der Waals surface area contributed by atoms with Crippen molar-refractivity contribution in [1.82, 2.24) is 46.1 Å². The summed E-state index contributed by atoms with van der Waals surface area (Å²) in [4.78, 5) is 101. The van der Waals surface area contributed by atoms with Gasteiger partial charge in [0.15, 0.2) is 11.5 Å². The first-order chi connectivity index (χ1) is 33.6. The number of nitrogens with zero attached hydrogens (tertiary/aromatic N) is 3. The normalized spacial score (nSPS) is 12.2. The van der Waals surface area contributed by atoms with Crippen molar-refractivity contribution in [2.45, 2.75) is 91.8 Å². The van der Waals surface area contributed by atoms with E-state index in [1.54, 1.807) is 51.1 Å². The van der Waals surface area contributed by atoms with Gasteiger partial charge in [-0.1, -0.05) is 77.4 Å². The lowest BCUT2D eigenvalue weighted by Crippen LogP contribution is -2.55. The topological polar surface area (TPSA) is 289 Å². The van der Waals surface area contributed by atoms with Crippen molar-refractivity contribution in [1.29, 1.82) is 0 Å². The van der Waals surface area contributed by atoms with E-state index in [0.29, 0.717) is 29.3 Å². The van der Waals surface area contributed by atoms with Gasteiger partial charge in [0.2, 0.25) is 23.6 Å². The molecule has 4 rings (SSSR count). The highest BCUT2D eigenvalue weighted by Gasteiger charge is 2.30. The lowest BCUT2D eigenvalue weighted by Gasteiger charge is -2.25. The van der Waals surface area contributed by atoms with Gasteiger partial charge in [-0.2, -0.15) is 9.97 Å². The van der Waals surface area contributed by atoms with Crippen LogP contribution in [-0.4, -0.2) is 126 Å². The molecule has 4 aromatic rings. The zero-order valence-electron chi connectivity index (χ0n) is 40.9. The number of carbonyl (C=O) groups is 6. The standard InChI is InChI=1S/C49H68N10O11/c1-7-9-24-70-48-57-43(50)42-44(58-48)59(49(66)56-42)30-34-12-17-36(18-13-34)45(63)52-23-26-68-28-27-67-25-22-51-38(60)21-19-37(47(65)69-8-2)54-46(64)41(32(5)6)55-40(62)29-53-39(61)20-14-33-10-15-35(16-11-33)31(3)4/h10-18,20,31-32,37,41H,7-9,19,21-30H2,1-6H3,(H,51,60)(H,52,63)(H,53,61)(H,54,64)(H,55,62)(H,56,66)(H2,50,57,58)/b20-14+/t37-,41+/m1/s1. The van der Waals surface area contributed by atoms with Crippen LogP contribution in [0, 0.1) is 5.92 Å². The van der Waals surface area contributed by atoms with E-state index < -0.39 is 41.5 Å². The number of H-pyrrole nitrogens is 1. The second-order valence-corrected chi connectivity index (χ2v) is 16.8. The number of hydrogen-bond donors (Lipinski definition) is 7. The van der Waals surface area contributed by atoms with E-state index in [4.69, 9.17) is 24.7 Å². The van der Waals surface area contributed by atoms with Crippen LogP contribution in [0.3, 0.4) is 0 Å². The minimum Gasteiger partial charge on any atom is -0.464 e. The van der Waals surface area contributed by atoms with E-state index in [2.05, 4.69) is 55.4 Å². The number of ether oxygens (including phenoxy) is 4. The highest BCUT2D eigenvalue weighted by Crippen LogP contribution is 2.19. The summed E-state index contributed by atoms with van der Waals surface area (Å²) in [6.45, 7) is 12.9. The second kappa shape index (κ2) is 29.0. The number of fused-ring (bicyclic) bond motifs is 1. The Morgan fingerprint density at radius 3 is 2.14 bits per heavy atom. The molecule has 8 N–H and O–H groups in total. The summed E-state index contributed by atoms with van der Waals surface area (Å²) in [5.74, 6) is -3.04. The summed E-state index contributed by atoms with van der Waals surface area (Å²) >= 11 is 0. The molecule has 2 aromatic heterocycles. The number of anilines is 1. The summed E-state index contributed by atoms with van der Waals surface area (Å²) < 4.78 is 23.2. The molecule has 0 saturated heterocycles. The minimum absolute atomic E-state index is 0.0506. The predicted octanol–water partition coefficient (Wildman–Crippen LogP) is 2.73. The van der Waals surface area contributed by atoms with E-state index in [-0.39, 0.29) is 102 Å². The van der Waals surface area contributed by atoms with E-state index in [1.807, 2.05) is 31.2 Å². The Morgan fingerprint density at radius 2 is 1.50 bits per heavy atom. The smallest absolute Gasteiger partial charge is 0.328 e. The van der Waals surface area contributed by atoms with Crippen LogP contribution in [0.5, 0.6) is 6.01 Å². The van der Waals surface area contributed by atoms with Crippen LogP contribution in [0.2, 0.25) is 0 Å². The van der Waals surface area contributed by atoms with Gasteiger partial charge >= 0.3 is 17.7 Å². The summed E-state index contributed by atoms with van der Waals surface area (Å²) in [6, 6.07) is 12.5. The number of amides is 5. The van der Waals surface area contributed by atoms with Crippen molar-refractivity contribution < 1.29 is 47.7 Å². The third-order valence-corrected chi connectivity index (χ3v) is 10.7. The molecule has 0 unspecified atom stereocenters. The van der Waals surface area contributed by atoms with E-state index in [1.165, 1.54) is 16.2 Å². The van der Waals surface area contributed by atoms with Crippen molar-refractivity contribution in [3.8, 4) is 6.01 Å². The van der Waals surface area contributed by atoms with Crippen LogP contribution in [0.1, 0.15) is 100 Å². The molecule has 0 aliphatic carbocycles. The number of nitrogen functional groups attached to an aromatic ring is 1. The Hall–Kier alpha value is -7.13. The molecule has 5 amide bonds. The first-order valence-corrected chi connectivity index (χ1v) is 23.6.